The highest BCUT2D eigenvalue weighted by molar-refractivity contribution is 9.10. The average Bonchev–Trinajstić information content (AvgIpc) is 2.67. The third-order valence-corrected chi connectivity index (χ3v) is 6.16. The molecule has 0 unspecified atom stereocenters. The van der Waals surface area contributed by atoms with Gasteiger partial charge >= 0.3 is 5.97 Å². The zero-order chi connectivity index (χ0) is 20.3. The fourth-order valence-electron chi connectivity index (χ4n) is 2.74. The van der Waals surface area contributed by atoms with E-state index in [0.29, 0.717) is 16.9 Å². The number of nitro groups is 1. The van der Waals surface area contributed by atoms with Gasteiger partial charge in [-0.2, -0.15) is 0 Å². The fourth-order valence-corrected chi connectivity index (χ4v) is 4.10. The molecule has 28 heavy (non-hydrogen) atoms. The number of rotatable bonds is 6. The van der Waals surface area contributed by atoms with Crippen LogP contribution in [-0.2, 0) is 27.5 Å². The molecular weight excluding hydrogens is 450 g/mol. The fraction of sp³-hybridized carbons (Fsp3) is 0.316. The van der Waals surface area contributed by atoms with Crippen LogP contribution in [0, 0.1) is 24.0 Å². The van der Waals surface area contributed by atoms with E-state index in [1.807, 2.05) is 26.0 Å². The van der Waals surface area contributed by atoms with Gasteiger partial charge < -0.3 is 14.2 Å². The largest absolute Gasteiger partial charge is 0.467 e. The standard InChI is InChI=1S/C19H18BrNO6S/c1-11-4-17(12(2)3-16(11)20)28-9-18(22)26-8-14-6-15(21(23)24)5-13-7-25-10-27-19(13)14/h3-6H,7-10H2,1-2H3. The number of carbonyl (C=O) groups excluding carboxylic acids is 1. The van der Waals surface area contributed by atoms with E-state index < -0.39 is 10.9 Å². The molecule has 1 aliphatic heterocycles. The van der Waals surface area contributed by atoms with E-state index in [2.05, 4.69) is 15.9 Å². The van der Waals surface area contributed by atoms with Gasteiger partial charge in [0.2, 0.25) is 0 Å². The second-order valence-corrected chi connectivity index (χ2v) is 8.15. The average molecular weight is 468 g/mol. The van der Waals surface area contributed by atoms with Crippen molar-refractivity contribution in [3.05, 3.63) is 61.1 Å². The lowest BCUT2D eigenvalue weighted by Gasteiger charge is -2.20. The number of aryl methyl sites for hydroxylation is 2. The number of halogens is 1. The molecule has 3 rings (SSSR count). The van der Waals surface area contributed by atoms with Crippen molar-refractivity contribution in [3.8, 4) is 5.75 Å². The molecule has 0 N–H and O–H groups in total. The van der Waals surface area contributed by atoms with Gasteiger partial charge in [0.15, 0.2) is 6.79 Å². The van der Waals surface area contributed by atoms with Crippen LogP contribution in [0.4, 0.5) is 5.69 Å². The Labute approximate surface area is 174 Å². The minimum atomic E-state index is -0.491. The Morgan fingerprint density at radius 3 is 2.82 bits per heavy atom. The van der Waals surface area contributed by atoms with E-state index in [0.717, 1.165) is 20.5 Å². The summed E-state index contributed by atoms with van der Waals surface area (Å²) in [6.45, 7) is 4.15. The monoisotopic (exact) mass is 467 g/mol. The second-order valence-electron chi connectivity index (χ2n) is 6.28. The number of thioether (sulfide) groups is 1. The van der Waals surface area contributed by atoms with Crippen LogP contribution in [0.2, 0.25) is 0 Å². The van der Waals surface area contributed by atoms with Crippen molar-refractivity contribution in [2.45, 2.75) is 32.0 Å². The molecule has 0 radical (unpaired) electrons. The molecule has 1 aliphatic rings. The molecule has 0 spiro atoms. The van der Waals surface area contributed by atoms with Gasteiger partial charge in [0.25, 0.3) is 5.69 Å². The molecule has 2 aromatic carbocycles. The molecule has 148 valence electrons. The Kier molecular flexibility index (Phi) is 6.58. The third-order valence-electron chi connectivity index (χ3n) is 4.17. The molecule has 7 nitrogen and oxygen atoms in total. The maximum absolute atomic E-state index is 12.2. The van der Waals surface area contributed by atoms with Gasteiger partial charge in [-0.3, -0.25) is 14.9 Å². The summed E-state index contributed by atoms with van der Waals surface area (Å²) >= 11 is 4.88. The van der Waals surface area contributed by atoms with Crippen LogP contribution in [0.5, 0.6) is 5.75 Å². The third kappa shape index (κ3) is 4.84. The Hall–Kier alpha value is -2.10. The topological polar surface area (TPSA) is 87.9 Å². The molecule has 2 aromatic rings. The predicted octanol–water partition coefficient (Wildman–Crippen LogP) is 4.68. The molecular formula is C19H18BrNO6S. The molecule has 9 heteroatoms. The zero-order valence-electron chi connectivity index (χ0n) is 15.3. The van der Waals surface area contributed by atoms with Crippen LogP contribution in [0.1, 0.15) is 22.3 Å². The number of nitrogens with zero attached hydrogens (tertiary/aromatic N) is 1. The molecule has 0 atom stereocenters. The van der Waals surface area contributed by atoms with Crippen LogP contribution in [0.15, 0.2) is 33.6 Å². The maximum Gasteiger partial charge on any atom is 0.316 e. The lowest BCUT2D eigenvalue weighted by Crippen LogP contribution is -2.15. The molecule has 0 aromatic heterocycles. The number of nitro benzene ring substituents is 1. The quantitative estimate of drug-likeness (QED) is 0.263. The van der Waals surface area contributed by atoms with Crippen molar-refractivity contribution in [1.82, 2.24) is 0 Å². The summed E-state index contributed by atoms with van der Waals surface area (Å²) < 4.78 is 17.0. The van der Waals surface area contributed by atoms with Crippen LogP contribution in [-0.4, -0.2) is 23.4 Å². The lowest BCUT2D eigenvalue weighted by atomic mass is 10.1. The van der Waals surface area contributed by atoms with Crippen molar-refractivity contribution in [2.24, 2.45) is 0 Å². The predicted molar refractivity (Wildman–Crippen MR) is 108 cm³/mol. The molecule has 0 saturated heterocycles. The van der Waals surface area contributed by atoms with Crippen LogP contribution < -0.4 is 4.74 Å². The molecule has 0 amide bonds. The Morgan fingerprint density at radius 1 is 1.29 bits per heavy atom. The molecule has 0 aliphatic carbocycles. The number of non-ortho nitro benzene ring substituents is 1. The molecule has 1 heterocycles. The minimum absolute atomic E-state index is 0.0593. The molecule has 0 saturated carbocycles. The SMILES string of the molecule is Cc1cc(SCC(=O)OCc2cc([N+](=O)[O-])cc3c2OCOC3)c(C)cc1Br. The van der Waals surface area contributed by atoms with Crippen molar-refractivity contribution in [3.63, 3.8) is 0 Å². The normalized spacial score (nSPS) is 12.8. The number of carbonyl (C=O) groups is 1. The summed E-state index contributed by atoms with van der Waals surface area (Å²) in [7, 11) is 0. The highest BCUT2D eigenvalue weighted by Gasteiger charge is 2.22. The molecule has 0 bridgehead atoms. The van der Waals surface area contributed by atoms with Crippen molar-refractivity contribution >= 4 is 39.3 Å². The lowest BCUT2D eigenvalue weighted by molar-refractivity contribution is -0.385. The van der Waals surface area contributed by atoms with Gasteiger partial charge in [0.05, 0.1) is 17.3 Å². The maximum atomic E-state index is 12.2. The van der Waals surface area contributed by atoms with Gasteiger partial charge in [0, 0.05) is 32.6 Å². The summed E-state index contributed by atoms with van der Waals surface area (Å²) in [5.41, 5.74) is 3.10. The number of benzene rings is 2. The Bertz CT molecular complexity index is 933. The van der Waals surface area contributed by atoms with E-state index in [1.54, 1.807) is 0 Å². The summed E-state index contributed by atoms with van der Waals surface area (Å²) in [4.78, 5) is 23.8. The van der Waals surface area contributed by atoms with Crippen LogP contribution in [0.25, 0.3) is 0 Å². The van der Waals surface area contributed by atoms with E-state index in [1.165, 1.54) is 23.9 Å². The minimum Gasteiger partial charge on any atom is -0.467 e. The Morgan fingerprint density at radius 2 is 2.07 bits per heavy atom. The summed E-state index contributed by atoms with van der Waals surface area (Å²) in [6, 6.07) is 6.81. The van der Waals surface area contributed by atoms with Crippen molar-refractivity contribution < 1.29 is 23.9 Å². The van der Waals surface area contributed by atoms with Gasteiger partial charge in [-0.1, -0.05) is 15.9 Å². The first-order valence-corrected chi connectivity index (χ1v) is 10.2. The first kappa shape index (κ1) is 20.6. The van der Waals surface area contributed by atoms with Gasteiger partial charge in [-0.05, 0) is 37.1 Å². The number of hydrogen-bond acceptors (Lipinski definition) is 7. The van der Waals surface area contributed by atoms with E-state index in [9.17, 15) is 14.9 Å². The summed E-state index contributed by atoms with van der Waals surface area (Å²) in [5, 5.41) is 11.1. The van der Waals surface area contributed by atoms with Gasteiger partial charge in [0.1, 0.15) is 12.4 Å². The van der Waals surface area contributed by atoms with Crippen LogP contribution >= 0.6 is 27.7 Å². The first-order valence-electron chi connectivity index (χ1n) is 8.41. The number of fused-ring (bicyclic) bond motifs is 1. The highest BCUT2D eigenvalue weighted by atomic mass is 79.9. The summed E-state index contributed by atoms with van der Waals surface area (Å²) in [5.74, 6) is 0.220. The van der Waals surface area contributed by atoms with Gasteiger partial charge in [-0.15, -0.1) is 11.8 Å². The van der Waals surface area contributed by atoms with Gasteiger partial charge in [-0.25, -0.2) is 0 Å². The van der Waals surface area contributed by atoms with E-state index >= 15 is 0 Å². The van der Waals surface area contributed by atoms with Crippen molar-refractivity contribution in [1.29, 1.82) is 0 Å². The number of hydrogen-bond donors (Lipinski definition) is 0. The first-order chi connectivity index (χ1) is 13.3. The smallest absolute Gasteiger partial charge is 0.316 e. The van der Waals surface area contributed by atoms with Crippen LogP contribution in [0.3, 0.4) is 0 Å². The second kappa shape index (κ2) is 8.93. The number of esters is 1. The summed E-state index contributed by atoms with van der Waals surface area (Å²) in [6.07, 6.45) is 0. The highest BCUT2D eigenvalue weighted by Crippen LogP contribution is 2.33. The number of ether oxygens (including phenoxy) is 3. The van der Waals surface area contributed by atoms with E-state index in [-0.39, 0.29) is 31.4 Å². The van der Waals surface area contributed by atoms with E-state index in [4.69, 9.17) is 14.2 Å². The Balaban J connectivity index is 1.65. The van der Waals surface area contributed by atoms with Crippen molar-refractivity contribution in [2.75, 3.05) is 12.5 Å². The molecule has 0 fully saturated rings. The zero-order valence-corrected chi connectivity index (χ0v) is 17.7.